The van der Waals surface area contributed by atoms with Crippen molar-refractivity contribution in [3.63, 3.8) is 0 Å². The number of halogens is 3. The highest BCUT2D eigenvalue weighted by atomic mass is 35.5. The number of fused-ring (bicyclic) bond motifs is 1. The first-order chi connectivity index (χ1) is 9.58. The average molecular weight is 348 g/mol. The predicted molar refractivity (Wildman–Crippen MR) is 82.2 cm³/mol. The van der Waals surface area contributed by atoms with Crippen LogP contribution in [0.3, 0.4) is 0 Å². The molecular weight excluding hydrogens is 343 g/mol. The van der Waals surface area contributed by atoms with Gasteiger partial charge in [0, 0.05) is 0 Å². The maximum Gasteiger partial charge on any atom is 0.158 e. The summed E-state index contributed by atoms with van der Waals surface area (Å²) in [6.45, 7) is 0. The van der Waals surface area contributed by atoms with Crippen molar-refractivity contribution in [2.45, 2.75) is 0 Å². The maximum absolute atomic E-state index is 6.18. The molecule has 2 heterocycles. The van der Waals surface area contributed by atoms with Crippen LogP contribution in [0.25, 0.3) is 11.0 Å². The molecule has 6 nitrogen and oxygen atoms in total. The highest BCUT2D eigenvalue weighted by Crippen LogP contribution is 2.37. The van der Waals surface area contributed by atoms with Gasteiger partial charge in [-0.1, -0.05) is 34.8 Å². The van der Waals surface area contributed by atoms with E-state index in [1.165, 1.54) is 6.33 Å². The average Bonchev–Trinajstić information content (AvgIpc) is 2.89. The van der Waals surface area contributed by atoms with Crippen LogP contribution in [0.2, 0.25) is 15.2 Å². The number of nitrogen functional groups attached to an aromatic ring is 1. The molecule has 0 saturated heterocycles. The molecule has 2 aromatic heterocycles. The normalized spacial score (nSPS) is 10.9. The summed E-state index contributed by atoms with van der Waals surface area (Å²) < 4.78 is 8.28. The lowest BCUT2D eigenvalue weighted by molar-refractivity contribution is 1.17. The summed E-state index contributed by atoms with van der Waals surface area (Å²) in [6, 6.07) is 1.58. The van der Waals surface area contributed by atoms with Gasteiger partial charge in [0.25, 0.3) is 0 Å². The molecule has 0 saturated carbocycles. The van der Waals surface area contributed by atoms with Gasteiger partial charge in [-0.15, -0.1) is 0 Å². The third kappa shape index (κ3) is 2.22. The van der Waals surface area contributed by atoms with Gasteiger partial charge in [-0.2, -0.15) is 8.75 Å². The monoisotopic (exact) mass is 346 g/mol. The lowest BCUT2D eigenvalue weighted by Gasteiger charge is -2.10. The number of nitrogens with zero attached hydrogens (tertiary/aromatic N) is 4. The number of hydrogen-bond donors (Lipinski definition) is 2. The molecule has 0 radical (unpaired) electrons. The van der Waals surface area contributed by atoms with E-state index in [-0.39, 0.29) is 10.8 Å². The Hall–Kier alpha value is -1.41. The van der Waals surface area contributed by atoms with Crippen molar-refractivity contribution >= 4 is 74.8 Å². The van der Waals surface area contributed by atoms with Crippen molar-refractivity contribution < 1.29 is 0 Å². The Bertz CT molecular complexity index is 805. The molecule has 0 aliphatic heterocycles. The Balaban J connectivity index is 2.16. The van der Waals surface area contributed by atoms with Gasteiger partial charge in [-0.25, -0.2) is 9.97 Å². The summed E-state index contributed by atoms with van der Waals surface area (Å²) in [5.74, 6) is 0.337. The summed E-state index contributed by atoms with van der Waals surface area (Å²) >= 11 is 19.1. The van der Waals surface area contributed by atoms with Gasteiger partial charge >= 0.3 is 0 Å². The Morgan fingerprint density at radius 3 is 2.60 bits per heavy atom. The van der Waals surface area contributed by atoms with Crippen molar-refractivity contribution in [2.24, 2.45) is 0 Å². The molecule has 0 aliphatic carbocycles. The third-order valence-electron chi connectivity index (χ3n) is 2.52. The fourth-order valence-corrected chi connectivity index (χ4v) is 2.88. The van der Waals surface area contributed by atoms with E-state index in [0.717, 1.165) is 11.7 Å². The molecular formula is C10H5Cl3N6S. The van der Waals surface area contributed by atoms with Crippen molar-refractivity contribution in [1.29, 1.82) is 0 Å². The summed E-state index contributed by atoms with van der Waals surface area (Å²) in [6.07, 6.45) is 1.29. The third-order valence-corrected chi connectivity index (χ3v) is 3.94. The first-order valence-electron chi connectivity index (χ1n) is 5.21. The van der Waals surface area contributed by atoms with Gasteiger partial charge in [-0.05, 0) is 6.07 Å². The largest absolute Gasteiger partial charge is 0.393 e. The highest BCUT2D eigenvalue weighted by Gasteiger charge is 2.16. The quantitative estimate of drug-likeness (QED) is 0.686. The number of anilines is 3. The number of nitrogens with one attached hydrogen (secondary N) is 1. The van der Waals surface area contributed by atoms with Crippen LogP contribution in [0.4, 0.5) is 17.2 Å². The molecule has 0 spiro atoms. The van der Waals surface area contributed by atoms with E-state index in [2.05, 4.69) is 24.0 Å². The van der Waals surface area contributed by atoms with E-state index in [9.17, 15) is 0 Å². The van der Waals surface area contributed by atoms with Gasteiger partial charge in [0.1, 0.15) is 23.0 Å². The van der Waals surface area contributed by atoms with Crippen molar-refractivity contribution in [3.05, 3.63) is 27.6 Å². The molecule has 0 aliphatic rings. The predicted octanol–water partition coefficient (Wildman–Crippen LogP) is 3.77. The van der Waals surface area contributed by atoms with Gasteiger partial charge < -0.3 is 11.1 Å². The van der Waals surface area contributed by atoms with E-state index in [1.54, 1.807) is 6.07 Å². The number of nitrogens with two attached hydrogens (primary N) is 1. The van der Waals surface area contributed by atoms with E-state index < -0.39 is 0 Å². The first kappa shape index (κ1) is 13.6. The lowest BCUT2D eigenvalue weighted by atomic mass is 10.2. The second kappa shape index (κ2) is 5.17. The van der Waals surface area contributed by atoms with Crippen LogP contribution in [0, 0.1) is 0 Å². The molecule has 0 amide bonds. The van der Waals surface area contributed by atoms with Crippen LogP contribution in [0.1, 0.15) is 0 Å². The maximum atomic E-state index is 6.18. The lowest BCUT2D eigenvalue weighted by Crippen LogP contribution is -2.02. The summed E-state index contributed by atoms with van der Waals surface area (Å²) in [5, 5.41) is 3.95. The van der Waals surface area contributed by atoms with Gasteiger partial charge in [0.05, 0.1) is 27.5 Å². The Kier molecular flexibility index (Phi) is 3.51. The Labute approximate surface area is 132 Å². The van der Waals surface area contributed by atoms with Crippen molar-refractivity contribution in [1.82, 2.24) is 18.7 Å². The summed E-state index contributed by atoms with van der Waals surface area (Å²) in [7, 11) is 0. The molecule has 3 N–H and O–H groups in total. The molecule has 3 aromatic rings. The van der Waals surface area contributed by atoms with E-state index in [4.69, 9.17) is 40.5 Å². The smallest absolute Gasteiger partial charge is 0.158 e. The molecule has 0 bridgehead atoms. The van der Waals surface area contributed by atoms with Crippen molar-refractivity contribution in [2.75, 3.05) is 11.1 Å². The molecule has 0 fully saturated rings. The SMILES string of the molecule is Nc1c(Cl)ncnc1Nc1c(Cl)cc(Cl)c2nsnc12. The van der Waals surface area contributed by atoms with Crippen LogP contribution in [-0.2, 0) is 0 Å². The first-order valence-corrected chi connectivity index (χ1v) is 7.07. The highest BCUT2D eigenvalue weighted by molar-refractivity contribution is 7.00. The van der Waals surface area contributed by atoms with Gasteiger partial charge in [-0.3, -0.25) is 0 Å². The van der Waals surface area contributed by atoms with Gasteiger partial charge in [0.15, 0.2) is 11.0 Å². The fourth-order valence-electron chi connectivity index (χ4n) is 1.59. The van der Waals surface area contributed by atoms with Crippen LogP contribution in [0.5, 0.6) is 0 Å². The van der Waals surface area contributed by atoms with E-state index >= 15 is 0 Å². The number of aromatic nitrogens is 4. The van der Waals surface area contributed by atoms with E-state index in [0.29, 0.717) is 32.6 Å². The summed E-state index contributed by atoms with van der Waals surface area (Å²) in [5.41, 5.74) is 7.64. The molecule has 0 unspecified atom stereocenters. The topological polar surface area (TPSA) is 89.6 Å². The fraction of sp³-hybridized carbons (Fsp3) is 0. The minimum absolute atomic E-state index is 0.153. The number of benzene rings is 1. The molecule has 3 rings (SSSR count). The van der Waals surface area contributed by atoms with Crippen LogP contribution >= 0.6 is 46.5 Å². The Morgan fingerprint density at radius 1 is 1.05 bits per heavy atom. The molecule has 20 heavy (non-hydrogen) atoms. The standard InChI is InChI=1S/C10H5Cl3N6S/c11-3-1-4(12)7-8(19-20-18-7)6(3)17-10-5(14)9(13)15-2-16-10/h1-2H,14H2,(H,15,16,17). The van der Waals surface area contributed by atoms with Crippen LogP contribution in [-0.4, -0.2) is 18.7 Å². The van der Waals surface area contributed by atoms with Gasteiger partial charge in [0.2, 0.25) is 0 Å². The second-order valence-corrected chi connectivity index (χ2v) is 5.43. The second-order valence-electron chi connectivity index (χ2n) is 3.73. The van der Waals surface area contributed by atoms with Crippen molar-refractivity contribution in [3.8, 4) is 0 Å². The van der Waals surface area contributed by atoms with Crippen LogP contribution < -0.4 is 11.1 Å². The Morgan fingerprint density at radius 2 is 1.80 bits per heavy atom. The number of hydrogen-bond acceptors (Lipinski definition) is 7. The zero-order chi connectivity index (χ0) is 14.3. The summed E-state index contributed by atoms with van der Waals surface area (Å²) in [4.78, 5) is 7.80. The molecule has 10 heteroatoms. The zero-order valence-corrected chi connectivity index (χ0v) is 12.6. The molecule has 102 valence electrons. The minimum Gasteiger partial charge on any atom is -0.393 e. The molecule has 0 atom stereocenters. The minimum atomic E-state index is 0.153. The van der Waals surface area contributed by atoms with Crippen LogP contribution in [0.15, 0.2) is 12.4 Å². The van der Waals surface area contributed by atoms with E-state index in [1.807, 2.05) is 0 Å². The zero-order valence-electron chi connectivity index (χ0n) is 9.56. The molecule has 1 aromatic carbocycles. The number of rotatable bonds is 2.